The number of thiazole rings is 1. The van der Waals surface area contributed by atoms with E-state index in [1.54, 1.807) is 12.5 Å². The van der Waals surface area contributed by atoms with Gasteiger partial charge in [0.1, 0.15) is 17.4 Å². The summed E-state index contributed by atoms with van der Waals surface area (Å²) in [7, 11) is 0. The third-order valence-electron chi connectivity index (χ3n) is 3.80. The predicted molar refractivity (Wildman–Crippen MR) is 84.7 cm³/mol. The maximum atomic E-state index is 12.1. The van der Waals surface area contributed by atoms with Crippen molar-refractivity contribution in [2.24, 2.45) is 5.92 Å². The van der Waals surface area contributed by atoms with E-state index in [1.165, 1.54) is 11.3 Å². The number of furan rings is 1. The molecule has 1 saturated carbocycles. The van der Waals surface area contributed by atoms with Crippen LogP contribution in [0.5, 0.6) is 0 Å². The number of hydrogen-bond donors (Lipinski definition) is 0. The smallest absolute Gasteiger partial charge is 0.310 e. The normalized spacial score (nSPS) is 19.5. The zero-order valence-corrected chi connectivity index (χ0v) is 13.0. The first-order chi connectivity index (χ1) is 11.3. The van der Waals surface area contributed by atoms with Crippen LogP contribution in [-0.2, 0) is 16.1 Å². The number of esters is 1. The molecule has 1 aliphatic rings. The summed E-state index contributed by atoms with van der Waals surface area (Å²) in [6.45, 7) is 0.198. The second-order valence-corrected chi connectivity index (χ2v) is 6.29. The van der Waals surface area contributed by atoms with Crippen molar-refractivity contribution in [3.63, 3.8) is 0 Å². The van der Waals surface area contributed by atoms with Crippen LogP contribution in [0, 0.1) is 5.92 Å². The van der Waals surface area contributed by atoms with E-state index >= 15 is 0 Å². The first-order valence-electron chi connectivity index (χ1n) is 7.37. The summed E-state index contributed by atoms with van der Waals surface area (Å²) < 4.78 is 10.7. The Morgan fingerprint density at radius 1 is 1.35 bits per heavy atom. The minimum absolute atomic E-state index is 0.0879. The summed E-state index contributed by atoms with van der Waals surface area (Å²) in [6, 6.07) is 9.44. The Balaban J connectivity index is 1.33. The van der Waals surface area contributed by atoms with E-state index in [0.29, 0.717) is 0 Å². The molecule has 0 aliphatic heterocycles. The third kappa shape index (κ3) is 3.03. The summed E-state index contributed by atoms with van der Waals surface area (Å²) >= 11 is 1.50. The van der Waals surface area contributed by atoms with Gasteiger partial charge in [0, 0.05) is 17.5 Å². The average molecular weight is 326 g/mol. The van der Waals surface area contributed by atoms with Crippen molar-refractivity contribution in [1.82, 2.24) is 9.97 Å². The van der Waals surface area contributed by atoms with E-state index < -0.39 is 0 Å². The highest BCUT2D eigenvalue weighted by molar-refractivity contribution is 7.13. The molecule has 0 amide bonds. The van der Waals surface area contributed by atoms with Crippen molar-refractivity contribution < 1.29 is 13.9 Å². The van der Waals surface area contributed by atoms with Crippen molar-refractivity contribution in [2.45, 2.75) is 18.9 Å². The Kier molecular flexibility index (Phi) is 3.67. The minimum Gasteiger partial charge on any atom is -0.469 e. The Morgan fingerprint density at radius 3 is 3.09 bits per heavy atom. The van der Waals surface area contributed by atoms with E-state index in [0.717, 1.165) is 28.6 Å². The van der Waals surface area contributed by atoms with Gasteiger partial charge in [-0.3, -0.25) is 9.78 Å². The first kappa shape index (κ1) is 14.1. The molecule has 0 saturated heterocycles. The summed E-state index contributed by atoms with van der Waals surface area (Å²) in [5, 5.41) is 2.73. The molecule has 2 unspecified atom stereocenters. The second-order valence-electron chi connectivity index (χ2n) is 5.43. The Morgan fingerprint density at radius 2 is 2.30 bits per heavy atom. The highest BCUT2D eigenvalue weighted by Crippen LogP contribution is 2.48. The molecule has 4 rings (SSSR count). The standard InChI is InChI=1S/C17H14N2O3S/c20-17(13-8-12(13)15-5-3-7-21-15)22-9-11-10-23-16(19-11)14-4-1-2-6-18-14/h1-7,10,12-13H,8-9H2. The molecule has 2 atom stereocenters. The number of carbonyl (C=O) groups excluding carboxylic acids is 1. The summed E-state index contributed by atoms with van der Waals surface area (Å²) in [5.41, 5.74) is 1.58. The highest BCUT2D eigenvalue weighted by atomic mass is 32.1. The van der Waals surface area contributed by atoms with Crippen molar-refractivity contribution in [2.75, 3.05) is 0 Å². The Labute approximate surface area is 137 Å². The van der Waals surface area contributed by atoms with Crippen molar-refractivity contribution in [3.8, 4) is 10.7 Å². The maximum Gasteiger partial charge on any atom is 0.310 e. The van der Waals surface area contributed by atoms with Gasteiger partial charge in [0.05, 0.1) is 23.6 Å². The molecule has 1 fully saturated rings. The molecule has 6 heteroatoms. The lowest BCUT2D eigenvalue weighted by molar-refractivity contribution is -0.146. The summed E-state index contributed by atoms with van der Waals surface area (Å²) in [4.78, 5) is 20.8. The van der Waals surface area contributed by atoms with Gasteiger partial charge in [-0.1, -0.05) is 6.07 Å². The monoisotopic (exact) mass is 326 g/mol. The lowest BCUT2D eigenvalue weighted by Crippen LogP contribution is -2.08. The molecule has 3 heterocycles. The molecule has 116 valence electrons. The third-order valence-corrected chi connectivity index (χ3v) is 4.71. The van der Waals surface area contributed by atoms with Crippen LogP contribution in [0.1, 0.15) is 23.8 Å². The molecule has 1 aliphatic carbocycles. The lowest BCUT2D eigenvalue weighted by Gasteiger charge is -2.01. The van der Waals surface area contributed by atoms with E-state index in [2.05, 4.69) is 9.97 Å². The lowest BCUT2D eigenvalue weighted by atomic mass is 10.2. The van der Waals surface area contributed by atoms with E-state index in [4.69, 9.17) is 9.15 Å². The topological polar surface area (TPSA) is 65.2 Å². The van der Waals surface area contributed by atoms with Crippen molar-refractivity contribution in [1.29, 1.82) is 0 Å². The van der Waals surface area contributed by atoms with E-state index in [-0.39, 0.29) is 24.4 Å². The second kappa shape index (κ2) is 5.96. The Hall–Kier alpha value is -2.47. The molecule has 3 aromatic heterocycles. The fourth-order valence-electron chi connectivity index (χ4n) is 2.50. The molecule has 3 aromatic rings. The number of aromatic nitrogens is 2. The van der Waals surface area contributed by atoms with Crippen LogP contribution in [0.2, 0.25) is 0 Å². The fourth-order valence-corrected chi connectivity index (χ4v) is 3.28. The molecule has 0 spiro atoms. The molecule has 0 N–H and O–H groups in total. The van der Waals surface area contributed by atoms with Gasteiger partial charge in [-0.2, -0.15) is 0 Å². The number of hydrogen-bond acceptors (Lipinski definition) is 6. The highest BCUT2D eigenvalue weighted by Gasteiger charge is 2.47. The summed E-state index contributed by atoms with van der Waals surface area (Å²) in [6.07, 6.45) is 4.16. The van der Waals surface area contributed by atoms with Gasteiger partial charge in [-0.25, -0.2) is 4.98 Å². The molecule has 0 bridgehead atoms. The van der Waals surface area contributed by atoms with Crippen LogP contribution in [0.25, 0.3) is 10.7 Å². The summed E-state index contributed by atoms with van der Waals surface area (Å²) in [5.74, 6) is 0.754. The van der Waals surface area contributed by atoms with Crippen LogP contribution in [-0.4, -0.2) is 15.9 Å². The number of pyridine rings is 1. The number of ether oxygens (including phenoxy) is 1. The molecular formula is C17H14N2O3S. The fraction of sp³-hybridized carbons (Fsp3) is 0.235. The van der Waals surface area contributed by atoms with E-state index in [1.807, 2.05) is 35.7 Å². The SMILES string of the molecule is O=C(OCc1csc(-c2ccccn2)n1)C1CC1c1ccco1. The molecular weight excluding hydrogens is 312 g/mol. The average Bonchev–Trinajstić information content (AvgIpc) is 3.02. The molecule has 0 radical (unpaired) electrons. The zero-order chi connectivity index (χ0) is 15.6. The molecule has 23 heavy (non-hydrogen) atoms. The van der Waals surface area contributed by atoms with Crippen LogP contribution in [0.3, 0.4) is 0 Å². The number of nitrogens with zero attached hydrogens (tertiary/aromatic N) is 2. The van der Waals surface area contributed by atoms with Gasteiger partial charge >= 0.3 is 5.97 Å². The van der Waals surface area contributed by atoms with Gasteiger partial charge in [-0.15, -0.1) is 11.3 Å². The molecule has 0 aromatic carbocycles. The van der Waals surface area contributed by atoms with Crippen LogP contribution >= 0.6 is 11.3 Å². The van der Waals surface area contributed by atoms with Crippen LogP contribution in [0.15, 0.2) is 52.6 Å². The van der Waals surface area contributed by atoms with Gasteiger partial charge in [0.25, 0.3) is 0 Å². The molecule has 5 nitrogen and oxygen atoms in total. The quantitative estimate of drug-likeness (QED) is 0.670. The first-order valence-corrected chi connectivity index (χ1v) is 8.25. The maximum absolute atomic E-state index is 12.1. The van der Waals surface area contributed by atoms with Crippen LogP contribution < -0.4 is 0 Å². The van der Waals surface area contributed by atoms with Gasteiger partial charge < -0.3 is 9.15 Å². The number of carbonyl (C=O) groups is 1. The van der Waals surface area contributed by atoms with Gasteiger partial charge in [-0.05, 0) is 30.7 Å². The van der Waals surface area contributed by atoms with E-state index in [9.17, 15) is 4.79 Å². The van der Waals surface area contributed by atoms with Crippen molar-refractivity contribution >= 4 is 17.3 Å². The van der Waals surface area contributed by atoms with Gasteiger partial charge in [0.15, 0.2) is 0 Å². The van der Waals surface area contributed by atoms with Gasteiger partial charge in [0.2, 0.25) is 0 Å². The zero-order valence-electron chi connectivity index (χ0n) is 12.2. The minimum atomic E-state index is -0.182. The van der Waals surface area contributed by atoms with Crippen LogP contribution in [0.4, 0.5) is 0 Å². The Bertz CT molecular complexity index is 798. The predicted octanol–water partition coefficient (Wildman–Crippen LogP) is 3.65. The number of rotatable bonds is 5. The largest absolute Gasteiger partial charge is 0.469 e. The van der Waals surface area contributed by atoms with Crippen molar-refractivity contribution in [3.05, 3.63) is 59.6 Å².